The van der Waals surface area contributed by atoms with Crippen molar-refractivity contribution in [2.45, 2.75) is 398 Å². The van der Waals surface area contributed by atoms with Crippen molar-refractivity contribution in [1.82, 2.24) is 5.32 Å². The molecule has 0 aliphatic rings. The second-order valence-corrected chi connectivity index (χ2v) is 23.2. The van der Waals surface area contributed by atoms with Crippen LogP contribution in [-0.2, 0) is 4.79 Å². The lowest BCUT2D eigenvalue weighted by Crippen LogP contribution is -2.45. The first-order chi connectivity index (χ1) is 35.7. The predicted molar refractivity (Wildman–Crippen MR) is 322 cm³/mol. The summed E-state index contributed by atoms with van der Waals surface area (Å²) >= 11 is 0. The molecule has 0 rings (SSSR count). The van der Waals surface area contributed by atoms with Crippen molar-refractivity contribution in [2.24, 2.45) is 0 Å². The fraction of sp³-hybridized carbons (Fsp3) is 0.926. The van der Waals surface area contributed by atoms with Gasteiger partial charge in [0.2, 0.25) is 5.91 Å². The Kier molecular flexibility index (Phi) is 63.2. The topological polar surface area (TPSA) is 69.6 Å². The Balaban J connectivity index is 3.40. The number of rotatable bonds is 63. The molecule has 0 saturated heterocycles. The van der Waals surface area contributed by atoms with Gasteiger partial charge in [-0.15, -0.1) is 0 Å². The van der Waals surface area contributed by atoms with Crippen molar-refractivity contribution >= 4 is 5.91 Å². The highest BCUT2D eigenvalue weighted by Crippen LogP contribution is 2.19. The molecule has 0 bridgehead atoms. The van der Waals surface area contributed by atoms with Gasteiger partial charge >= 0.3 is 0 Å². The van der Waals surface area contributed by atoms with E-state index in [9.17, 15) is 15.0 Å². The normalized spacial score (nSPS) is 12.8. The first-order valence-corrected chi connectivity index (χ1v) is 33.5. The van der Waals surface area contributed by atoms with Crippen LogP contribution in [0.15, 0.2) is 24.3 Å². The lowest BCUT2D eigenvalue weighted by Gasteiger charge is -2.22. The zero-order valence-electron chi connectivity index (χ0n) is 49.5. The van der Waals surface area contributed by atoms with Gasteiger partial charge in [0.1, 0.15) is 0 Å². The molecule has 0 aromatic carbocycles. The number of carbonyl (C=O) groups is 1. The lowest BCUT2D eigenvalue weighted by molar-refractivity contribution is -0.123. The van der Waals surface area contributed by atoms with Crippen LogP contribution in [0.1, 0.15) is 386 Å². The van der Waals surface area contributed by atoms with E-state index in [-0.39, 0.29) is 12.5 Å². The molecule has 0 aromatic heterocycles. The van der Waals surface area contributed by atoms with Crippen LogP contribution in [0.25, 0.3) is 0 Å². The first kappa shape index (κ1) is 70.9. The molecule has 0 fully saturated rings. The summed E-state index contributed by atoms with van der Waals surface area (Å²) in [5.74, 6) is -0.0233. The molecule has 0 aliphatic heterocycles. The molecule has 0 aliphatic carbocycles. The van der Waals surface area contributed by atoms with Crippen LogP contribution < -0.4 is 5.32 Å². The van der Waals surface area contributed by atoms with E-state index in [0.717, 1.165) is 32.1 Å². The highest BCUT2D eigenvalue weighted by Gasteiger charge is 2.20. The maximum atomic E-state index is 12.5. The maximum Gasteiger partial charge on any atom is 0.220 e. The zero-order chi connectivity index (χ0) is 52.0. The summed E-state index contributed by atoms with van der Waals surface area (Å²) < 4.78 is 0. The smallest absolute Gasteiger partial charge is 0.220 e. The molecular weight excluding hydrogens is 879 g/mol. The van der Waals surface area contributed by atoms with Crippen LogP contribution in [0.2, 0.25) is 0 Å². The van der Waals surface area contributed by atoms with Gasteiger partial charge in [-0.05, 0) is 44.9 Å². The summed E-state index contributed by atoms with van der Waals surface area (Å²) in [6.07, 6.45) is 86.5. The Hall–Kier alpha value is -1.13. The van der Waals surface area contributed by atoms with E-state index in [1.165, 1.54) is 327 Å². The average Bonchev–Trinajstić information content (AvgIpc) is 3.39. The molecule has 428 valence electrons. The van der Waals surface area contributed by atoms with Gasteiger partial charge in [-0.25, -0.2) is 0 Å². The molecule has 0 spiro atoms. The summed E-state index contributed by atoms with van der Waals surface area (Å²) in [4.78, 5) is 12.5. The van der Waals surface area contributed by atoms with Crippen LogP contribution in [0.5, 0.6) is 0 Å². The molecule has 72 heavy (non-hydrogen) atoms. The van der Waals surface area contributed by atoms with Gasteiger partial charge in [-0.1, -0.05) is 359 Å². The van der Waals surface area contributed by atoms with Crippen LogP contribution >= 0.6 is 0 Å². The van der Waals surface area contributed by atoms with Crippen LogP contribution in [0, 0.1) is 0 Å². The number of hydrogen-bond acceptors (Lipinski definition) is 3. The number of aliphatic hydroxyl groups excluding tert-OH is 2. The molecule has 1 amide bonds. The summed E-state index contributed by atoms with van der Waals surface area (Å²) in [7, 11) is 0. The number of nitrogens with one attached hydrogen (secondary N) is 1. The van der Waals surface area contributed by atoms with Gasteiger partial charge < -0.3 is 15.5 Å². The molecule has 3 N–H and O–H groups in total. The number of amides is 1. The molecule has 4 nitrogen and oxygen atoms in total. The third-order valence-corrected chi connectivity index (χ3v) is 16.0. The second kappa shape index (κ2) is 64.2. The average molecular weight is 1010 g/mol. The van der Waals surface area contributed by atoms with E-state index in [1.807, 2.05) is 0 Å². The molecule has 4 heteroatoms. The Morgan fingerprint density at radius 3 is 0.833 bits per heavy atom. The van der Waals surface area contributed by atoms with Crippen molar-refractivity contribution in [3.05, 3.63) is 24.3 Å². The lowest BCUT2D eigenvalue weighted by atomic mass is 10.0. The number of unbranched alkanes of at least 4 members (excludes halogenated alkanes) is 52. The first-order valence-electron chi connectivity index (χ1n) is 33.5. The van der Waals surface area contributed by atoms with Gasteiger partial charge in [0.05, 0.1) is 18.8 Å². The monoisotopic (exact) mass is 1010 g/mol. The SMILES string of the molecule is CCCCCCCCCCCCC/C=C\C/C=C\CCCCCCCCCCCCCCCCCCCC(=O)NC(CO)C(O)CCCCCCCCCCCCCCCCCCCCCCCCCCC. The minimum atomic E-state index is -0.659. The van der Waals surface area contributed by atoms with Gasteiger partial charge in [-0.2, -0.15) is 0 Å². The molecule has 2 atom stereocenters. The van der Waals surface area contributed by atoms with E-state index >= 15 is 0 Å². The van der Waals surface area contributed by atoms with Gasteiger partial charge in [0, 0.05) is 6.42 Å². The van der Waals surface area contributed by atoms with Gasteiger partial charge in [-0.3, -0.25) is 4.79 Å². The number of aliphatic hydroxyl groups is 2. The van der Waals surface area contributed by atoms with Crippen LogP contribution in [0.4, 0.5) is 0 Å². The van der Waals surface area contributed by atoms with E-state index < -0.39 is 12.1 Å². The third-order valence-electron chi connectivity index (χ3n) is 16.0. The van der Waals surface area contributed by atoms with E-state index in [1.54, 1.807) is 0 Å². The summed E-state index contributed by atoms with van der Waals surface area (Å²) in [5, 5.41) is 23.4. The van der Waals surface area contributed by atoms with E-state index in [0.29, 0.717) is 12.8 Å². The molecule has 2 unspecified atom stereocenters. The number of allylic oxidation sites excluding steroid dienone is 4. The Labute approximate surface area is 453 Å². The van der Waals surface area contributed by atoms with Crippen LogP contribution in [-0.4, -0.2) is 34.9 Å². The van der Waals surface area contributed by atoms with Crippen molar-refractivity contribution in [3.8, 4) is 0 Å². The predicted octanol–water partition coefficient (Wildman–Crippen LogP) is 22.6. The molecule has 0 aromatic rings. The second-order valence-electron chi connectivity index (χ2n) is 23.2. The standard InChI is InChI=1S/C68H133NO3/c1-3-5-7-9-11-13-15-17-19-21-23-25-27-29-30-31-32-33-34-35-36-37-38-40-42-44-46-48-50-52-54-56-58-60-62-64-68(72)69-66(65-70)67(71)63-61-59-57-55-53-51-49-47-45-43-41-39-28-26-24-22-20-18-16-14-12-10-8-6-4-2/h27,29,31-32,66-67,70-71H,3-26,28,30,33-65H2,1-2H3,(H,69,72)/b29-27-,32-31-. The quantitative estimate of drug-likeness (QED) is 0.0420. The third kappa shape index (κ3) is 59.7. The maximum absolute atomic E-state index is 12.5. The number of hydrogen-bond donors (Lipinski definition) is 3. The summed E-state index contributed by atoms with van der Waals surface area (Å²) in [6.45, 7) is 4.41. The highest BCUT2D eigenvalue weighted by molar-refractivity contribution is 5.76. The fourth-order valence-electron chi connectivity index (χ4n) is 10.9. The summed E-state index contributed by atoms with van der Waals surface area (Å²) in [5.41, 5.74) is 0. The summed E-state index contributed by atoms with van der Waals surface area (Å²) in [6, 6.07) is -0.536. The van der Waals surface area contributed by atoms with Crippen molar-refractivity contribution in [3.63, 3.8) is 0 Å². The fourth-order valence-corrected chi connectivity index (χ4v) is 10.9. The van der Waals surface area contributed by atoms with Crippen molar-refractivity contribution in [1.29, 1.82) is 0 Å². The minimum absolute atomic E-state index is 0.0233. The Bertz CT molecular complexity index is 1060. The van der Waals surface area contributed by atoms with Crippen LogP contribution in [0.3, 0.4) is 0 Å². The van der Waals surface area contributed by atoms with E-state index in [4.69, 9.17) is 0 Å². The Morgan fingerprint density at radius 1 is 0.333 bits per heavy atom. The minimum Gasteiger partial charge on any atom is -0.394 e. The molecule has 0 radical (unpaired) electrons. The highest BCUT2D eigenvalue weighted by atomic mass is 16.3. The van der Waals surface area contributed by atoms with Gasteiger partial charge in [0.15, 0.2) is 0 Å². The molecule has 0 saturated carbocycles. The molecular formula is C68H133NO3. The Morgan fingerprint density at radius 2 is 0.569 bits per heavy atom. The largest absolute Gasteiger partial charge is 0.394 e. The van der Waals surface area contributed by atoms with Crippen molar-refractivity contribution in [2.75, 3.05) is 6.61 Å². The zero-order valence-corrected chi connectivity index (χ0v) is 49.5. The molecule has 0 heterocycles. The van der Waals surface area contributed by atoms with E-state index in [2.05, 4.69) is 43.5 Å². The van der Waals surface area contributed by atoms with Crippen molar-refractivity contribution < 1.29 is 15.0 Å². The van der Waals surface area contributed by atoms with Gasteiger partial charge in [0.25, 0.3) is 0 Å². The number of carbonyl (C=O) groups excluding carboxylic acids is 1.